The molecule has 0 spiro atoms. The summed E-state index contributed by atoms with van der Waals surface area (Å²) in [7, 11) is 0. The third-order valence-electron chi connectivity index (χ3n) is 6.17. The molecule has 6 nitrogen and oxygen atoms in total. The van der Waals surface area contributed by atoms with Crippen molar-refractivity contribution >= 4 is 40.3 Å². The fourth-order valence-electron chi connectivity index (χ4n) is 4.34. The van der Waals surface area contributed by atoms with Gasteiger partial charge in [0.2, 0.25) is 0 Å². The van der Waals surface area contributed by atoms with Crippen molar-refractivity contribution < 1.29 is 4.79 Å². The average molecular weight is 495 g/mol. The lowest BCUT2D eigenvalue weighted by Crippen LogP contribution is -2.52. The smallest absolute Gasteiger partial charge is 0.311 e. The highest BCUT2D eigenvalue weighted by atomic mass is 16.2. The Bertz CT molecular complexity index is 1500. The Morgan fingerprint density at radius 2 is 0.895 bits per heavy atom. The first-order valence-electron chi connectivity index (χ1n) is 12.3. The minimum atomic E-state index is -0.345. The second kappa shape index (κ2) is 10.3. The van der Waals surface area contributed by atoms with Gasteiger partial charge in [-0.15, -0.1) is 10.5 Å². The van der Waals surface area contributed by atoms with Gasteiger partial charge >= 0.3 is 6.03 Å². The maximum Gasteiger partial charge on any atom is 0.370 e. The minimum Gasteiger partial charge on any atom is -0.311 e. The highest BCUT2D eigenvalue weighted by molar-refractivity contribution is 6.13. The van der Waals surface area contributed by atoms with Crippen LogP contribution >= 0.6 is 0 Å². The van der Waals surface area contributed by atoms with E-state index in [1.807, 2.05) is 121 Å². The van der Waals surface area contributed by atoms with E-state index in [1.165, 1.54) is 10.0 Å². The second-order valence-corrected chi connectivity index (χ2v) is 8.65. The maximum atomic E-state index is 13.4. The second-order valence-electron chi connectivity index (χ2n) is 8.65. The molecule has 0 aliphatic carbocycles. The first-order valence-corrected chi connectivity index (χ1v) is 12.3. The van der Waals surface area contributed by atoms with E-state index in [2.05, 4.69) is 39.7 Å². The third kappa shape index (κ3) is 4.58. The molecule has 6 rings (SSSR count). The monoisotopic (exact) mass is 494 g/mol. The van der Waals surface area contributed by atoms with Crippen molar-refractivity contribution in [1.29, 1.82) is 0 Å². The number of rotatable bonds is 6. The van der Waals surface area contributed by atoms with Crippen LogP contribution in [-0.4, -0.2) is 11.9 Å². The molecule has 0 saturated carbocycles. The summed E-state index contributed by atoms with van der Waals surface area (Å²) in [6.07, 6.45) is 0. The number of hydrazone groups is 1. The molecule has 5 aromatic rings. The van der Waals surface area contributed by atoms with Gasteiger partial charge in [0.1, 0.15) is 0 Å². The van der Waals surface area contributed by atoms with Crippen molar-refractivity contribution in [3.63, 3.8) is 0 Å². The van der Waals surface area contributed by atoms with E-state index in [1.54, 1.807) is 0 Å². The number of anilines is 5. The Balaban J connectivity index is 1.38. The van der Waals surface area contributed by atoms with Gasteiger partial charge in [0, 0.05) is 22.6 Å². The molecule has 0 aromatic heterocycles. The number of benzene rings is 5. The standard InChI is InChI=1S/C32H24N5O/c38-32-36(29-17-9-3-10-18-29)33-31(34-37(32)30-19-11-4-12-20-30)25-21-23-28(24-22-25)35(26-13-5-1-6-14-26)27-15-7-2-8-16-27/h1-24H. The molecule has 0 saturated heterocycles. The summed E-state index contributed by atoms with van der Waals surface area (Å²) in [5.41, 5.74) is 9.89. The molecule has 183 valence electrons. The zero-order valence-corrected chi connectivity index (χ0v) is 20.5. The lowest BCUT2D eigenvalue weighted by atomic mass is 10.1. The number of urea groups is 1. The summed E-state index contributed by atoms with van der Waals surface area (Å²) in [5, 5.41) is 7.43. The summed E-state index contributed by atoms with van der Waals surface area (Å²) < 4.78 is 0. The molecule has 6 heteroatoms. The third-order valence-corrected chi connectivity index (χ3v) is 6.17. The highest BCUT2D eigenvalue weighted by Crippen LogP contribution is 2.34. The lowest BCUT2D eigenvalue weighted by Gasteiger charge is -2.31. The number of amides is 2. The van der Waals surface area contributed by atoms with Crippen LogP contribution in [0.2, 0.25) is 0 Å². The molecule has 2 amide bonds. The summed E-state index contributed by atoms with van der Waals surface area (Å²) >= 11 is 0. The van der Waals surface area contributed by atoms with Crippen LogP contribution in [0.4, 0.5) is 33.2 Å². The van der Waals surface area contributed by atoms with Crippen LogP contribution in [0.1, 0.15) is 5.56 Å². The molecular formula is C32H24N5O. The summed E-state index contributed by atoms with van der Waals surface area (Å²) in [6, 6.07) is 47.0. The topological polar surface area (TPSA) is 53.3 Å². The van der Waals surface area contributed by atoms with E-state index < -0.39 is 0 Å². The number of hydrogen-bond acceptors (Lipinski definition) is 3. The molecule has 1 heterocycles. The number of carbonyl (C=O) groups is 1. The van der Waals surface area contributed by atoms with E-state index in [-0.39, 0.29) is 6.03 Å². The predicted molar refractivity (Wildman–Crippen MR) is 153 cm³/mol. The van der Waals surface area contributed by atoms with Gasteiger partial charge in [-0.3, -0.25) is 0 Å². The minimum absolute atomic E-state index is 0.345. The molecule has 0 bridgehead atoms. The molecule has 1 aliphatic rings. The van der Waals surface area contributed by atoms with Crippen molar-refractivity contribution in [1.82, 2.24) is 5.43 Å². The van der Waals surface area contributed by atoms with E-state index >= 15 is 0 Å². The summed E-state index contributed by atoms with van der Waals surface area (Å²) in [4.78, 5) is 15.6. The van der Waals surface area contributed by atoms with E-state index in [4.69, 9.17) is 0 Å². The van der Waals surface area contributed by atoms with Crippen LogP contribution in [0.5, 0.6) is 0 Å². The molecule has 0 unspecified atom stereocenters. The molecule has 1 radical (unpaired) electrons. The molecule has 38 heavy (non-hydrogen) atoms. The fourth-order valence-corrected chi connectivity index (χ4v) is 4.34. The zero-order chi connectivity index (χ0) is 25.7. The van der Waals surface area contributed by atoms with Gasteiger partial charge in [0.15, 0.2) is 5.84 Å². The Kier molecular flexibility index (Phi) is 6.27. The van der Waals surface area contributed by atoms with Gasteiger partial charge in [0.05, 0.1) is 11.4 Å². The molecule has 0 fully saturated rings. The van der Waals surface area contributed by atoms with Crippen molar-refractivity contribution in [3.05, 3.63) is 151 Å². The van der Waals surface area contributed by atoms with E-state index in [9.17, 15) is 4.79 Å². The number of amidine groups is 1. The quantitative estimate of drug-likeness (QED) is 0.246. The maximum absolute atomic E-state index is 13.4. The van der Waals surface area contributed by atoms with Crippen molar-refractivity contribution in [2.45, 2.75) is 0 Å². The molecule has 1 aliphatic heterocycles. The van der Waals surface area contributed by atoms with Crippen molar-refractivity contribution in [2.75, 3.05) is 14.9 Å². The SMILES string of the molecule is O=C1N(c2ccccc2)[N]C(c2ccc(N(c3ccccc3)c3ccccc3)cc2)=NN1c1ccccc1. The number of hydrogen-bond donors (Lipinski definition) is 0. The predicted octanol–water partition coefficient (Wildman–Crippen LogP) is 7.48. The Labute approximate surface area is 221 Å². The largest absolute Gasteiger partial charge is 0.370 e. The van der Waals surface area contributed by atoms with Gasteiger partial charge in [-0.2, -0.15) is 10.0 Å². The van der Waals surface area contributed by atoms with Crippen LogP contribution in [-0.2, 0) is 0 Å². The number of carbonyl (C=O) groups excluding carboxylic acids is 1. The van der Waals surface area contributed by atoms with Gasteiger partial charge < -0.3 is 4.90 Å². The van der Waals surface area contributed by atoms with Crippen LogP contribution in [0.3, 0.4) is 0 Å². The van der Waals surface area contributed by atoms with Gasteiger partial charge in [-0.1, -0.05) is 72.8 Å². The fraction of sp³-hybridized carbons (Fsp3) is 0. The van der Waals surface area contributed by atoms with E-state index in [0.29, 0.717) is 17.2 Å². The average Bonchev–Trinajstić information content (AvgIpc) is 3.00. The zero-order valence-electron chi connectivity index (χ0n) is 20.5. The highest BCUT2D eigenvalue weighted by Gasteiger charge is 2.32. The molecule has 5 aromatic carbocycles. The first-order chi connectivity index (χ1) is 18.8. The van der Waals surface area contributed by atoms with Crippen molar-refractivity contribution in [2.24, 2.45) is 5.10 Å². The Morgan fingerprint density at radius 1 is 0.474 bits per heavy atom. The van der Waals surface area contributed by atoms with E-state index in [0.717, 1.165) is 22.6 Å². The molecular weight excluding hydrogens is 470 g/mol. The van der Waals surface area contributed by atoms with Gasteiger partial charge in [-0.25, -0.2) is 4.79 Å². The number of para-hydroxylation sites is 4. The van der Waals surface area contributed by atoms with Gasteiger partial charge in [-0.05, 0) is 72.8 Å². The molecule has 0 N–H and O–H groups in total. The van der Waals surface area contributed by atoms with Gasteiger partial charge in [0.25, 0.3) is 0 Å². The normalized spacial score (nSPS) is 13.1. The van der Waals surface area contributed by atoms with Crippen LogP contribution in [0.25, 0.3) is 0 Å². The molecule has 0 atom stereocenters. The number of nitrogens with zero attached hydrogens (tertiary/aromatic N) is 5. The lowest BCUT2D eigenvalue weighted by molar-refractivity contribution is 0.249. The van der Waals surface area contributed by atoms with Crippen LogP contribution < -0.4 is 20.3 Å². The van der Waals surface area contributed by atoms with Crippen molar-refractivity contribution in [3.8, 4) is 0 Å². The Hall–Kier alpha value is -5.36. The van der Waals surface area contributed by atoms with Crippen LogP contribution in [0.15, 0.2) is 151 Å². The van der Waals surface area contributed by atoms with Crippen LogP contribution in [0, 0.1) is 0 Å². The summed E-state index contributed by atoms with van der Waals surface area (Å²) in [6.45, 7) is 0. The first kappa shape index (κ1) is 23.1. The summed E-state index contributed by atoms with van der Waals surface area (Å²) in [5.74, 6) is 0.440. The Morgan fingerprint density at radius 3 is 1.39 bits per heavy atom.